The number of halogens is 2. The van der Waals surface area contributed by atoms with Crippen molar-refractivity contribution >= 4 is 50.9 Å². The first-order chi connectivity index (χ1) is 16.3. The molecule has 0 spiro atoms. The minimum absolute atomic E-state index is 0.0594. The third kappa shape index (κ3) is 4.37. The van der Waals surface area contributed by atoms with Crippen molar-refractivity contribution in [3.8, 4) is 11.3 Å². The maximum atomic E-state index is 6.51. The monoisotopic (exact) mass is 488 g/mol. The van der Waals surface area contributed by atoms with E-state index in [2.05, 4.69) is 53.4 Å². The lowest BCUT2D eigenvalue weighted by atomic mass is 9.86. The zero-order valence-corrected chi connectivity index (χ0v) is 20.4. The van der Waals surface area contributed by atoms with E-state index in [1.54, 1.807) is 12.1 Å². The van der Waals surface area contributed by atoms with Crippen LogP contribution in [0, 0.1) is 0 Å². The van der Waals surface area contributed by atoms with Gasteiger partial charge in [0.2, 0.25) is 0 Å². The number of benzene rings is 3. The van der Waals surface area contributed by atoms with Gasteiger partial charge in [-0.05, 0) is 35.2 Å². The van der Waals surface area contributed by atoms with Crippen molar-refractivity contribution in [2.45, 2.75) is 26.2 Å². The summed E-state index contributed by atoms with van der Waals surface area (Å²) in [5.41, 5.74) is 6.65. The van der Waals surface area contributed by atoms with Crippen LogP contribution < -0.4 is 10.8 Å². The van der Waals surface area contributed by atoms with Crippen LogP contribution in [0.4, 0.5) is 5.82 Å². The molecular weight excluding hydrogens is 467 g/mol. The van der Waals surface area contributed by atoms with E-state index in [1.165, 1.54) is 11.9 Å². The Kier molecular flexibility index (Phi) is 5.76. The van der Waals surface area contributed by atoms with E-state index >= 15 is 0 Å². The van der Waals surface area contributed by atoms with Crippen LogP contribution in [-0.4, -0.2) is 9.97 Å². The van der Waals surface area contributed by atoms with E-state index in [-0.39, 0.29) is 5.41 Å². The molecule has 0 aliphatic heterocycles. The fourth-order valence-electron chi connectivity index (χ4n) is 3.77. The highest BCUT2D eigenvalue weighted by molar-refractivity contribution is 6.38. The van der Waals surface area contributed by atoms with E-state index in [4.69, 9.17) is 27.6 Å². The Hall–Kier alpha value is -3.41. The molecule has 7 heteroatoms. The number of anilines is 1. The van der Waals surface area contributed by atoms with Gasteiger partial charge in [-0.2, -0.15) is 5.10 Å². The second kappa shape index (κ2) is 8.75. The van der Waals surface area contributed by atoms with Gasteiger partial charge >= 0.3 is 0 Å². The summed E-state index contributed by atoms with van der Waals surface area (Å²) < 4.78 is 6.22. The first-order valence-electron chi connectivity index (χ1n) is 10.8. The summed E-state index contributed by atoms with van der Waals surface area (Å²) in [6.45, 7) is 6.56. The van der Waals surface area contributed by atoms with Gasteiger partial charge in [0.25, 0.3) is 0 Å². The normalized spacial score (nSPS) is 12.4. The fourth-order valence-corrected chi connectivity index (χ4v) is 4.30. The van der Waals surface area contributed by atoms with Gasteiger partial charge in [0.15, 0.2) is 11.4 Å². The van der Waals surface area contributed by atoms with Crippen LogP contribution in [0.3, 0.4) is 0 Å². The SMILES string of the molecule is CC(C)(C)c1ccc(-c2cc(=NNc3ncnc4ccccc34)c3cc(Cl)cc(Cl)c3o2)cc1. The van der Waals surface area contributed by atoms with Crippen LogP contribution in [0.15, 0.2) is 82.6 Å². The molecule has 0 radical (unpaired) electrons. The number of rotatable bonds is 3. The number of fused-ring (bicyclic) bond motifs is 2. The summed E-state index contributed by atoms with van der Waals surface area (Å²) in [6.07, 6.45) is 1.51. The molecule has 0 amide bonds. The smallest absolute Gasteiger partial charge is 0.157 e. The number of aromatic nitrogens is 2. The van der Waals surface area contributed by atoms with Crippen LogP contribution in [0.25, 0.3) is 33.2 Å². The Balaban J connectivity index is 1.67. The molecule has 5 aromatic rings. The molecule has 2 aromatic heterocycles. The minimum atomic E-state index is 0.0594. The largest absolute Gasteiger partial charge is 0.454 e. The summed E-state index contributed by atoms with van der Waals surface area (Å²) in [5.74, 6) is 1.24. The van der Waals surface area contributed by atoms with E-state index < -0.39 is 0 Å². The van der Waals surface area contributed by atoms with Crippen molar-refractivity contribution in [1.82, 2.24) is 9.97 Å². The van der Waals surface area contributed by atoms with Gasteiger partial charge in [-0.25, -0.2) is 9.97 Å². The van der Waals surface area contributed by atoms with Crippen molar-refractivity contribution in [2.75, 3.05) is 5.43 Å². The van der Waals surface area contributed by atoms with Gasteiger partial charge in [-0.15, -0.1) is 0 Å². The molecule has 0 atom stereocenters. The number of nitrogens with zero attached hydrogens (tertiary/aromatic N) is 3. The standard InChI is InChI=1S/C27H22Cl2N4O/c1-27(2,3)17-10-8-16(9-11-17)24-14-23(20-12-18(28)13-21(29)25(20)34-24)32-33-26-19-6-4-5-7-22(19)30-15-31-26/h4-15H,1-3H3,(H,30,31,33). The molecule has 34 heavy (non-hydrogen) atoms. The summed E-state index contributed by atoms with van der Waals surface area (Å²) in [6, 6.07) is 21.4. The molecule has 0 unspecified atom stereocenters. The quantitative estimate of drug-likeness (QED) is 0.266. The van der Waals surface area contributed by atoms with Gasteiger partial charge in [0, 0.05) is 27.4 Å². The first-order valence-corrected chi connectivity index (χ1v) is 11.6. The van der Waals surface area contributed by atoms with Crippen LogP contribution in [0.2, 0.25) is 10.0 Å². The Labute approximate surface area is 207 Å². The Bertz CT molecular complexity index is 1580. The van der Waals surface area contributed by atoms with E-state index in [0.717, 1.165) is 16.5 Å². The highest BCUT2D eigenvalue weighted by Crippen LogP contribution is 2.31. The minimum Gasteiger partial charge on any atom is -0.454 e. The van der Waals surface area contributed by atoms with Crippen LogP contribution in [0.5, 0.6) is 0 Å². The van der Waals surface area contributed by atoms with Gasteiger partial charge < -0.3 is 4.42 Å². The molecule has 3 aromatic carbocycles. The summed E-state index contributed by atoms with van der Waals surface area (Å²) in [5, 5.41) is 7.77. The predicted molar refractivity (Wildman–Crippen MR) is 139 cm³/mol. The van der Waals surface area contributed by atoms with Crippen LogP contribution >= 0.6 is 23.2 Å². The molecule has 0 bridgehead atoms. The topological polar surface area (TPSA) is 63.3 Å². The van der Waals surface area contributed by atoms with Crippen molar-refractivity contribution < 1.29 is 4.42 Å². The lowest BCUT2D eigenvalue weighted by molar-refractivity contribution is 0.589. The second-order valence-electron chi connectivity index (χ2n) is 9.05. The molecule has 0 saturated carbocycles. The van der Waals surface area contributed by atoms with Crippen molar-refractivity contribution in [3.05, 3.63) is 94.0 Å². The number of hydrogen-bond acceptors (Lipinski definition) is 5. The van der Waals surface area contributed by atoms with Crippen molar-refractivity contribution in [3.63, 3.8) is 0 Å². The van der Waals surface area contributed by atoms with Gasteiger partial charge in [-0.3, -0.25) is 5.43 Å². The maximum absolute atomic E-state index is 6.51. The lowest BCUT2D eigenvalue weighted by Crippen LogP contribution is -2.10. The van der Waals surface area contributed by atoms with Crippen LogP contribution in [-0.2, 0) is 5.41 Å². The average molecular weight is 489 g/mol. The summed E-state index contributed by atoms with van der Waals surface area (Å²) >= 11 is 12.8. The third-order valence-corrected chi connectivity index (χ3v) is 6.12. The maximum Gasteiger partial charge on any atom is 0.157 e. The van der Waals surface area contributed by atoms with E-state index in [1.807, 2.05) is 42.5 Å². The molecule has 2 heterocycles. The summed E-state index contributed by atoms with van der Waals surface area (Å²) in [4.78, 5) is 8.66. The average Bonchev–Trinajstić information content (AvgIpc) is 2.82. The van der Waals surface area contributed by atoms with Gasteiger partial charge in [-0.1, -0.05) is 80.4 Å². The van der Waals surface area contributed by atoms with Crippen molar-refractivity contribution in [2.24, 2.45) is 5.10 Å². The van der Waals surface area contributed by atoms with Gasteiger partial charge in [0.1, 0.15) is 12.1 Å². The fraction of sp³-hybridized carbons (Fsp3) is 0.148. The number of hydrogen-bond donors (Lipinski definition) is 1. The lowest BCUT2D eigenvalue weighted by Gasteiger charge is -2.19. The Morgan fingerprint density at radius 1 is 0.882 bits per heavy atom. The zero-order chi connectivity index (χ0) is 23.9. The molecule has 0 saturated heterocycles. The third-order valence-electron chi connectivity index (χ3n) is 5.62. The van der Waals surface area contributed by atoms with E-state index in [9.17, 15) is 0 Å². The Morgan fingerprint density at radius 3 is 2.41 bits per heavy atom. The van der Waals surface area contributed by atoms with Crippen LogP contribution in [0.1, 0.15) is 26.3 Å². The predicted octanol–water partition coefficient (Wildman–Crippen LogP) is 7.58. The summed E-state index contributed by atoms with van der Waals surface area (Å²) in [7, 11) is 0. The molecule has 0 fully saturated rings. The first kappa shape index (κ1) is 22.4. The molecule has 5 rings (SSSR count). The molecule has 0 aliphatic rings. The van der Waals surface area contributed by atoms with Gasteiger partial charge in [0.05, 0.1) is 15.9 Å². The molecule has 5 nitrogen and oxygen atoms in total. The molecule has 1 N–H and O–H groups in total. The highest BCUT2D eigenvalue weighted by Gasteiger charge is 2.15. The number of nitrogens with one attached hydrogen (secondary N) is 1. The molecule has 0 aliphatic carbocycles. The number of para-hydroxylation sites is 1. The highest BCUT2D eigenvalue weighted by atomic mass is 35.5. The van der Waals surface area contributed by atoms with Crippen molar-refractivity contribution in [1.29, 1.82) is 0 Å². The second-order valence-corrected chi connectivity index (χ2v) is 9.89. The van der Waals surface area contributed by atoms with E-state index in [0.29, 0.717) is 37.9 Å². The zero-order valence-electron chi connectivity index (χ0n) is 18.9. The molecule has 170 valence electrons. The Morgan fingerprint density at radius 2 is 1.65 bits per heavy atom. The molecular formula is C27H22Cl2N4O.